The Kier molecular flexibility index (Phi) is 5.32. The van der Waals surface area contributed by atoms with Crippen LogP contribution in [0.2, 0.25) is 5.02 Å². The number of thioether (sulfide) groups is 1. The second kappa shape index (κ2) is 7.47. The molecule has 3 rings (SSSR count). The predicted octanol–water partition coefficient (Wildman–Crippen LogP) is 4.85. The smallest absolute Gasteiger partial charge is 0.270 e. The molecule has 1 saturated heterocycles. The maximum absolute atomic E-state index is 12.7. The lowest BCUT2D eigenvalue weighted by atomic mass is 10.1. The van der Waals surface area contributed by atoms with Crippen molar-refractivity contribution in [3.63, 3.8) is 0 Å². The van der Waals surface area contributed by atoms with Crippen LogP contribution < -0.4 is 9.64 Å². The Morgan fingerprint density at radius 1 is 1.32 bits per heavy atom. The number of aromatic hydroxyl groups is 1. The summed E-state index contributed by atoms with van der Waals surface area (Å²) in [6.07, 6.45) is 1.69. The maximum atomic E-state index is 12.7. The van der Waals surface area contributed by atoms with Crippen LogP contribution >= 0.6 is 35.6 Å². The zero-order valence-electron chi connectivity index (χ0n) is 13.2. The molecule has 1 fully saturated rings. The molecule has 0 spiro atoms. The van der Waals surface area contributed by atoms with Crippen molar-refractivity contribution in [2.75, 3.05) is 11.5 Å². The first-order chi connectivity index (χ1) is 12.0. The molecule has 1 amide bonds. The van der Waals surface area contributed by atoms with Crippen molar-refractivity contribution in [1.29, 1.82) is 0 Å². The van der Waals surface area contributed by atoms with Gasteiger partial charge in [0, 0.05) is 0 Å². The zero-order chi connectivity index (χ0) is 18.0. The lowest BCUT2D eigenvalue weighted by Gasteiger charge is -2.13. The number of thiocarbonyl (C=S) groups is 1. The van der Waals surface area contributed by atoms with E-state index in [9.17, 15) is 9.90 Å². The van der Waals surface area contributed by atoms with Gasteiger partial charge in [0.2, 0.25) is 0 Å². The Hall–Kier alpha value is -2.02. The second-order valence-electron chi connectivity index (χ2n) is 5.14. The van der Waals surface area contributed by atoms with E-state index in [1.165, 1.54) is 16.7 Å². The van der Waals surface area contributed by atoms with Crippen LogP contribution in [-0.4, -0.2) is 21.9 Å². The molecule has 0 saturated carbocycles. The number of para-hydroxylation sites is 1. The molecule has 4 nitrogen and oxygen atoms in total. The number of ether oxygens (including phenoxy) is 1. The Balaban J connectivity index is 1.95. The van der Waals surface area contributed by atoms with Gasteiger partial charge in [-0.1, -0.05) is 53.8 Å². The Labute approximate surface area is 160 Å². The minimum absolute atomic E-state index is 0.113. The summed E-state index contributed by atoms with van der Waals surface area (Å²) in [5.41, 5.74) is 1.38. The average molecular weight is 392 g/mol. The number of phenolic OH excluding ortho intramolecular Hbond substituents is 1. The highest BCUT2D eigenvalue weighted by molar-refractivity contribution is 8.27. The van der Waals surface area contributed by atoms with Gasteiger partial charge in [0.1, 0.15) is 0 Å². The summed E-state index contributed by atoms with van der Waals surface area (Å²) in [6.45, 7) is 2.20. The first kappa shape index (κ1) is 17.8. The third kappa shape index (κ3) is 3.66. The van der Waals surface area contributed by atoms with Gasteiger partial charge >= 0.3 is 0 Å². The number of phenols is 1. The summed E-state index contributed by atoms with van der Waals surface area (Å²) in [7, 11) is 0. The topological polar surface area (TPSA) is 49.8 Å². The number of carbonyl (C=O) groups is 1. The van der Waals surface area contributed by atoms with Crippen molar-refractivity contribution in [2.24, 2.45) is 0 Å². The Morgan fingerprint density at radius 2 is 2.04 bits per heavy atom. The number of anilines is 1. The van der Waals surface area contributed by atoms with Crippen LogP contribution in [-0.2, 0) is 4.79 Å². The molecule has 0 radical (unpaired) electrons. The highest BCUT2D eigenvalue weighted by atomic mass is 35.5. The molecule has 0 unspecified atom stereocenters. The van der Waals surface area contributed by atoms with Crippen LogP contribution in [0.15, 0.2) is 47.4 Å². The number of amides is 1. The number of benzene rings is 2. The number of rotatable bonds is 4. The molecule has 128 valence electrons. The summed E-state index contributed by atoms with van der Waals surface area (Å²) in [5.74, 6) is -0.0272. The van der Waals surface area contributed by atoms with Crippen LogP contribution in [0.3, 0.4) is 0 Å². The number of nitrogens with zero attached hydrogens (tertiary/aromatic N) is 1. The maximum Gasteiger partial charge on any atom is 0.270 e. The molecular weight excluding hydrogens is 378 g/mol. The van der Waals surface area contributed by atoms with E-state index in [-0.39, 0.29) is 22.4 Å². The normalized spacial score (nSPS) is 15.9. The van der Waals surface area contributed by atoms with Crippen molar-refractivity contribution in [3.8, 4) is 11.5 Å². The number of carbonyl (C=O) groups excluding carboxylic acids is 1. The highest BCUT2D eigenvalue weighted by Gasteiger charge is 2.33. The quantitative estimate of drug-likeness (QED) is 0.596. The molecule has 1 heterocycles. The van der Waals surface area contributed by atoms with Gasteiger partial charge < -0.3 is 9.84 Å². The van der Waals surface area contributed by atoms with Gasteiger partial charge in [-0.3, -0.25) is 9.69 Å². The predicted molar refractivity (Wildman–Crippen MR) is 106 cm³/mol. The fraction of sp³-hybridized carbons (Fsp3) is 0.111. The van der Waals surface area contributed by atoms with Gasteiger partial charge in [-0.2, -0.15) is 0 Å². The van der Waals surface area contributed by atoms with E-state index in [2.05, 4.69) is 0 Å². The van der Waals surface area contributed by atoms with Crippen LogP contribution in [0.4, 0.5) is 5.69 Å². The molecule has 1 N–H and O–H groups in total. The van der Waals surface area contributed by atoms with Crippen LogP contribution in [0.1, 0.15) is 12.5 Å². The van der Waals surface area contributed by atoms with Crippen LogP contribution in [0.5, 0.6) is 11.5 Å². The van der Waals surface area contributed by atoms with E-state index < -0.39 is 0 Å². The SMILES string of the molecule is CCOc1cc(/C=C2\SC(=S)N(c3ccccc3)C2=O)cc(Cl)c1O. The molecule has 2 aromatic rings. The van der Waals surface area contributed by atoms with E-state index >= 15 is 0 Å². The Morgan fingerprint density at radius 3 is 2.72 bits per heavy atom. The second-order valence-corrected chi connectivity index (χ2v) is 7.22. The average Bonchev–Trinajstić information content (AvgIpc) is 2.87. The summed E-state index contributed by atoms with van der Waals surface area (Å²) < 4.78 is 5.84. The number of hydrogen-bond donors (Lipinski definition) is 1. The fourth-order valence-corrected chi connectivity index (χ4v) is 3.88. The van der Waals surface area contributed by atoms with Crippen molar-refractivity contribution >= 4 is 57.6 Å². The molecule has 0 aromatic heterocycles. The van der Waals surface area contributed by atoms with E-state index in [0.717, 1.165) is 5.69 Å². The minimum Gasteiger partial charge on any atom is -0.503 e. The summed E-state index contributed by atoms with van der Waals surface area (Å²) in [5, 5.41) is 10.1. The monoisotopic (exact) mass is 391 g/mol. The Bertz CT molecular complexity index is 868. The molecule has 1 aliphatic heterocycles. The van der Waals surface area contributed by atoms with Gasteiger partial charge in [-0.15, -0.1) is 0 Å². The standard InChI is InChI=1S/C18H14ClNO3S2/c1-2-23-14-9-11(8-13(19)16(14)21)10-15-17(22)20(18(24)25-15)12-6-4-3-5-7-12/h3-10,21H,2H2,1H3/b15-10-. The first-order valence-electron chi connectivity index (χ1n) is 7.49. The molecule has 1 aliphatic rings. The van der Waals surface area contributed by atoms with Crippen LogP contribution in [0, 0.1) is 0 Å². The molecule has 0 atom stereocenters. The molecular formula is C18H14ClNO3S2. The van der Waals surface area contributed by atoms with E-state index in [1.54, 1.807) is 18.2 Å². The van der Waals surface area contributed by atoms with Gasteiger partial charge in [0.05, 0.1) is 22.2 Å². The van der Waals surface area contributed by atoms with Crippen LogP contribution in [0.25, 0.3) is 6.08 Å². The largest absolute Gasteiger partial charge is 0.503 e. The fourth-order valence-electron chi connectivity index (χ4n) is 2.36. The highest BCUT2D eigenvalue weighted by Crippen LogP contribution is 2.39. The summed E-state index contributed by atoms with van der Waals surface area (Å²) in [4.78, 5) is 14.7. The molecule has 7 heteroatoms. The molecule has 2 aromatic carbocycles. The number of hydrogen-bond acceptors (Lipinski definition) is 5. The minimum atomic E-state index is -0.191. The lowest BCUT2D eigenvalue weighted by molar-refractivity contribution is -0.113. The van der Waals surface area contributed by atoms with Crippen molar-refractivity contribution in [3.05, 3.63) is 58.0 Å². The summed E-state index contributed by atoms with van der Waals surface area (Å²) in [6, 6.07) is 12.5. The first-order valence-corrected chi connectivity index (χ1v) is 9.10. The van der Waals surface area contributed by atoms with Gasteiger partial charge in [0.15, 0.2) is 15.8 Å². The molecule has 0 aliphatic carbocycles. The van der Waals surface area contributed by atoms with Crippen molar-refractivity contribution < 1.29 is 14.6 Å². The van der Waals surface area contributed by atoms with Crippen molar-refractivity contribution in [2.45, 2.75) is 6.92 Å². The van der Waals surface area contributed by atoms with E-state index in [4.69, 9.17) is 28.6 Å². The van der Waals surface area contributed by atoms with E-state index in [0.29, 0.717) is 21.4 Å². The van der Waals surface area contributed by atoms with Gasteiger partial charge in [-0.25, -0.2) is 0 Å². The lowest BCUT2D eigenvalue weighted by Crippen LogP contribution is -2.27. The zero-order valence-corrected chi connectivity index (χ0v) is 15.6. The molecule has 25 heavy (non-hydrogen) atoms. The summed E-state index contributed by atoms with van der Waals surface area (Å²) >= 11 is 12.6. The molecule has 0 bridgehead atoms. The third-order valence-corrected chi connectivity index (χ3v) is 5.05. The van der Waals surface area contributed by atoms with Crippen molar-refractivity contribution in [1.82, 2.24) is 0 Å². The third-order valence-electron chi connectivity index (χ3n) is 3.46. The van der Waals surface area contributed by atoms with Gasteiger partial charge in [0.25, 0.3) is 5.91 Å². The van der Waals surface area contributed by atoms with Gasteiger partial charge in [-0.05, 0) is 42.8 Å². The number of halogens is 1. The van der Waals surface area contributed by atoms with E-state index in [1.807, 2.05) is 37.3 Å².